The fraction of sp³-hybridized carbons (Fsp3) is 0.360. The van der Waals surface area contributed by atoms with Crippen molar-refractivity contribution in [1.82, 2.24) is 14.6 Å². The van der Waals surface area contributed by atoms with Crippen molar-refractivity contribution in [3.8, 4) is 0 Å². The molecule has 2 aromatic carbocycles. The monoisotopic (exact) mass is 498 g/mol. The fourth-order valence-corrected chi connectivity index (χ4v) is 6.06. The molecule has 34 heavy (non-hydrogen) atoms. The maximum atomic E-state index is 12.6. The van der Waals surface area contributed by atoms with E-state index < -0.39 is 10.0 Å². The number of aryl methyl sites for hydroxylation is 1. The molecule has 0 aliphatic carbocycles. The summed E-state index contributed by atoms with van der Waals surface area (Å²) < 4.78 is 26.0. The molecule has 0 fully saturated rings. The van der Waals surface area contributed by atoms with Crippen molar-refractivity contribution in [2.75, 3.05) is 12.4 Å². The lowest BCUT2D eigenvalue weighted by Crippen LogP contribution is -2.26. The molecule has 3 aromatic rings. The number of anilines is 1. The average Bonchev–Trinajstić information content (AvgIpc) is 3.31. The molecule has 0 radical (unpaired) electrons. The molecule has 180 valence electrons. The summed E-state index contributed by atoms with van der Waals surface area (Å²) in [5, 5.41) is 3.54. The van der Waals surface area contributed by atoms with Crippen LogP contribution < -0.4 is 10.0 Å². The summed E-state index contributed by atoms with van der Waals surface area (Å²) in [6.07, 6.45) is 0.150. The predicted octanol–water partition coefficient (Wildman–Crippen LogP) is 4.25. The zero-order valence-corrected chi connectivity index (χ0v) is 21.5. The van der Waals surface area contributed by atoms with Crippen LogP contribution in [-0.4, -0.2) is 31.3 Å². The van der Waals surface area contributed by atoms with Gasteiger partial charge in [0.25, 0.3) is 0 Å². The van der Waals surface area contributed by atoms with Crippen LogP contribution in [0.3, 0.4) is 0 Å². The number of hydrogen-bond acceptors (Lipinski definition) is 6. The molecule has 2 heterocycles. The molecule has 0 bridgehead atoms. The maximum Gasteiger partial charge on any atom is 0.240 e. The van der Waals surface area contributed by atoms with Crippen molar-refractivity contribution < 1.29 is 13.2 Å². The molecule has 0 saturated carbocycles. The molecule has 1 aliphatic rings. The zero-order chi connectivity index (χ0) is 24.5. The van der Waals surface area contributed by atoms with Gasteiger partial charge in [0.2, 0.25) is 15.9 Å². The third-order valence-electron chi connectivity index (χ3n) is 6.00. The van der Waals surface area contributed by atoms with E-state index >= 15 is 0 Å². The van der Waals surface area contributed by atoms with E-state index in [0.717, 1.165) is 24.3 Å². The average molecular weight is 499 g/mol. The minimum atomic E-state index is -3.49. The molecule has 7 nitrogen and oxygen atoms in total. The molecule has 9 heteroatoms. The van der Waals surface area contributed by atoms with Crippen molar-refractivity contribution in [3.05, 3.63) is 75.8 Å². The van der Waals surface area contributed by atoms with Crippen LogP contribution in [0.1, 0.15) is 47.2 Å². The highest BCUT2D eigenvalue weighted by atomic mass is 32.2. The Kier molecular flexibility index (Phi) is 7.18. The molecule has 1 aromatic heterocycles. The molecule has 0 spiro atoms. The van der Waals surface area contributed by atoms with Gasteiger partial charge in [0.05, 0.1) is 23.1 Å². The van der Waals surface area contributed by atoms with Crippen molar-refractivity contribution in [3.63, 3.8) is 0 Å². The van der Waals surface area contributed by atoms with Gasteiger partial charge in [-0.1, -0.05) is 55.8 Å². The first kappa shape index (κ1) is 24.5. The lowest BCUT2D eigenvalue weighted by atomic mass is 10.0. The first-order valence-electron chi connectivity index (χ1n) is 11.3. The van der Waals surface area contributed by atoms with Crippen molar-refractivity contribution in [1.29, 1.82) is 0 Å². The van der Waals surface area contributed by atoms with Gasteiger partial charge in [-0.2, -0.15) is 0 Å². The Hall–Kier alpha value is -2.59. The van der Waals surface area contributed by atoms with Crippen molar-refractivity contribution >= 4 is 32.4 Å². The van der Waals surface area contributed by atoms with Crippen LogP contribution in [0, 0.1) is 12.8 Å². The van der Waals surface area contributed by atoms with Crippen molar-refractivity contribution in [2.45, 2.75) is 51.2 Å². The highest BCUT2D eigenvalue weighted by molar-refractivity contribution is 7.89. The molecule has 1 amide bonds. The van der Waals surface area contributed by atoms with E-state index in [9.17, 15) is 13.2 Å². The predicted molar refractivity (Wildman–Crippen MR) is 135 cm³/mol. The molecule has 0 unspecified atom stereocenters. The quantitative estimate of drug-likeness (QED) is 0.484. The number of fused-ring (bicyclic) bond motifs is 1. The Morgan fingerprint density at radius 1 is 1.12 bits per heavy atom. The largest absolute Gasteiger partial charge is 0.302 e. The lowest BCUT2D eigenvalue weighted by molar-refractivity contribution is -0.115. The van der Waals surface area contributed by atoms with E-state index in [1.54, 1.807) is 12.1 Å². The van der Waals surface area contributed by atoms with Gasteiger partial charge in [0.1, 0.15) is 0 Å². The van der Waals surface area contributed by atoms with E-state index in [1.165, 1.54) is 46.5 Å². The van der Waals surface area contributed by atoms with Gasteiger partial charge in [-0.25, -0.2) is 18.1 Å². The van der Waals surface area contributed by atoms with E-state index in [-0.39, 0.29) is 23.3 Å². The second kappa shape index (κ2) is 9.95. The summed E-state index contributed by atoms with van der Waals surface area (Å²) in [7, 11) is -2.12. The minimum Gasteiger partial charge on any atom is -0.302 e. The normalized spacial score (nSPS) is 16.1. The molecular formula is C25H30N4O3S2. The van der Waals surface area contributed by atoms with Gasteiger partial charge < -0.3 is 5.32 Å². The summed E-state index contributed by atoms with van der Waals surface area (Å²) >= 11 is 1.54. The number of hydrogen-bond donors (Lipinski definition) is 2. The first-order valence-corrected chi connectivity index (χ1v) is 13.6. The van der Waals surface area contributed by atoms with Crippen LogP contribution >= 0.6 is 11.3 Å². The maximum absolute atomic E-state index is 12.6. The topological polar surface area (TPSA) is 91.4 Å². The van der Waals surface area contributed by atoms with E-state index in [4.69, 9.17) is 4.98 Å². The van der Waals surface area contributed by atoms with Gasteiger partial charge in [-0.15, -0.1) is 11.3 Å². The Bertz CT molecular complexity index is 1270. The third kappa shape index (κ3) is 5.38. The fourth-order valence-electron chi connectivity index (χ4n) is 4.29. The molecule has 2 N–H and O–H groups in total. The smallest absolute Gasteiger partial charge is 0.240 e. The Labute approximate surface area is 205 Å². The van der Waals surface area contributed by atoms with Crippen LogP contribution in [0.2, 0.25) is 0 Å². The second-order valence-electron chi connectivity index (χ2n) is 8.98. The van der Waals surface area contributed by atoms with Crippen LogP contribution in [-0.2, 0) is 34.3 Å². The molecule has 4 rings (SSSR count). The molecular weight excluding hydrogens is 468 g/mol. The SMILES string of the molecule is CNS(=O)(=O)c1ccc(CC(=O)Nc2nc3c(s2)CN(Cc2ccc(C)cc2)[C@H]3C(C)C)cc1. The number of nitrogens with one attached hydrogen (secondary N) is 2. The number of sulfonamides is 1. The van der Waals surface area contributed by atoms with Gasteiger partial charge in [0.15, 0.2) is 5.13 Å². The minimum absolute atomic E-state index is 0.150. The number of nitrogens with zero attached hydrogens (tertiary/aromatic N) is 2. The molecule has 0 saturated heterocycles. The zero-order valence-electron chi connectivity index (χ0n) is 19.8. The van der Waals surface area contributed by atoms with Crippen LogP contribution in [0.15, 0.2) is 53.4 Å². The van der Waals surface area contributed by atoms with E-state index in [0.29, 0.717) is 11.0 Å². The highest BCUT2D eigenvalue weighted by Crippen LogP contribution is 2.43. The van der Waals surface area contributed by atoms with Crippen LogP contribution in [0.25, 0.3) is 0 Å². The van der Waals surface area contributed by atoms with Gasteiger partial charge in [0, 0.05) is 18.0 Å². The van der Waals surface area contributed by atoms with Gasteiger partial charge in [-0.05, 0) is 43.1 Å². The number of aromatic nitrogens is 1. The Morgan fingerprint density at radius 3 is 2.38 bits per heavy atom. The summed E-state index contributed by atoms with van der Waals surface area (Å²) in [5.74, 6) is 0.221. The molecule has 1 atom stereocenters. The summed E-state index contributed by atoms with van der Waals surface area (Å²) in [6.45, 7) is 8.19. The second-order valence-corrected chi connectivity index (χ2v) is 12.0. The molecule has 1 aliphatic heterocycles. The Morgan fingerprint density at radius 2 is 1.76 bits per heavy atom. The number of carbonyl (C=O) groups is 1. The summed E-state index contributed by atoms with van der Waals surface area (Å²) in [5.41, 5.74) is 4.34. The Balaban J connectivity index is 1.41. The van der Waals surface area contributed by atoms with E-state index in [1.807, 2.05) is 0 Å². The lowest BCUT2D eigenvalue weighted by Gasteiger charge is -2.27. The first-order chi connectivity index (χ1) is 16.2. The van der Waals surface area contributed by atoms with Crippen molar-refractivity contribution in [2.24, 2.45) is 5.92 Å². The standard InChI is InChI=1S/C25H30N4O3S2/c1-16(2)24-23-21(15-29(24)14-19-7-5-17(3)6-8-19)33-25(28-23)27-22(30)13-18-9-11-20(12-10-18)34(31,32)26-4/h5-12,16,24,26H,13-15H2,1-4H3,(H,27,28,30)/t24-/m0/s1. The van der Waals surface area contributed by atoms with Crippen LogP contribution in [0.5, 0.6) is 0 Å². The number of thiazole rings is 1. The summed E-state index contributed by atoms with van der Waals surface area (Å²) in [6, 6.07) is 15.2. The van der Waals surface area contributed by atoms with Gasteiger partial charge >= 0.3 is 0 Å². The highest BCUT2D eigenvalue weighted by Gasteiger charge is 2.36. The number of carbonyl (C=O) groups excluding carboxylic acids is 1. The van der Waals surface area contributed by atoms with Gasteiger partial charge in [-0.3, -0.25) is 9.69 Å². The van der Waals surface area contributed by atoms with Crippen LogP contribution in [0.4, 0.5) is 5.13 Å². The third-order valence-corrected chi connectivity index (χ3v) is 8.40. The van der Waals surface area contributed by atoms with E-state index in [2.05, 4.69) is 60.0 Å². The number of amides is 1. The number of benzene rings is 2. The summed E-state index contributed by atoms with van der Waals surface area (Å²) in [4.78, 5) is 21.2. The number of rotatable bonds is 8.